The van der Waals surface area contributed by atoms with E-state index in [1.807, 2.05) is 12.1 Å². The van der Waals surface area contributed by atoms with Crippen molar-refractivity contribution >= 4 is 11.8 Å². The number of carbonyl (C=O) groups is 2. The maximum absolute atomic E-state index is 13.1. The first-order valence-electron chi connectivity index (χ1n) is 9.80. The fourth-order valence-electron chi connectivity index (χ4n) is 3.39. The van der Waals surface area contributed by atoms with Gasteiger partial charge in [0.15, 0.2) is 0 Å². The van der Waals surface area contributed by atoms with Gasteiger partial charge in [0, 0.05) is 16.8 Å². The van der Waals surface area contributed by atoms with Crippen LogP contribution >= 0.6 is 0 Å². The molecule has 0 fully saturated rings. The Balaban J connectivity index is 1.49. The van der Waals surface area contributed by atoms with Crippen molar-refractivity contribution in [3.63, 3.8) is 0 Å². The van der Waals surface area contributed by atoms with Crippen LogP contribution in [0.5, 0.6) is 0 Å². The molecule has 3 aromatic rings. The number of nitrogens with two attached hydrogens (primary N) is 1. The Labute approximate surface area is 173 Å². The van der Waals surface area contributed by atoms with Gasteiger partial charge in [0.1, 0.15) is 12.3 Å². The van der Waals surface area contributed by atoms with Crippen molar-refractivity contribution in [3.05, 3.63) is 65.8 Å². The second-order valence-corrected chi connectivity index (χ2v) is 7.09. The van der Waals surface area contributed by atoms with Gasteiger partial charge in [0.05, 0.1) is 12.8 Å². The van der Waals surface area contributed by atoms with E-state index in [0.717, 1.165) is 37.1 Å². The van der Waals surface area contributed by atoms with Crippen LogP contribution in [-0.4, -0.2) is 36.9 Å². The molecule has 2 N–H and O–H groups in total. The van der Waals surface area contributed by atoms with Crippen molar-refractivity contribution in [1.29, 1.82) is 0 Å². The van der Waals surface area contributed by atoms with Crippen LogP contribution in [0, 0.1) is 0 Å². The number of aromatic nitrogens is 4. The van der Waals surface area contributed by atoms with Crippen molar-refractivity contribution in [2.45, 2.75) is 38.8 Å². The van der Waals surface area contributed by atoms with Gasteiger partial charge in [-0.2, -0.15) is 4.80 Å². The number of carbonyl (C=O) groups excluding carboxylic acids is 2. The number of nitrogens with zero attached hydrogens (tertiary/aromatic N) is 5. The van der Waals surface area contributed by atoms with Gasteiger partial charge in [0.2, 0.25) is 11.7 Å². The number of rotatable bonds is 7. The average Bonchev–Trinajstić information content (AvgIpc) is 3.45. The lowest BCUT2D eigenvalue weighted by Gasteiger charge is -2.26. The summed E-state index contributed by atoms with van der Waals surface area (Å²) < 4.78 is 5.44. The molecule has 0 atom stereocenters. The Bertz CT molecular complexity index is 1050. The maximum atomic E-state index is 13.1. The van der Waals surface area contributed by atoms with E-state index < -0.39 is 5.91 Å². The Morgan fingerprint density at radius 3 is 2.67 bits per heavy atom. The van der Waals surface area contributed by atoms with E-state index in [1.54, 1.807) is 35.4 Å². The predicted octanol–water partition coefficient (Wildman–Crippen LogP) is 2.52. The van der Waals surface area contributed by atoms with Crippen molar-refractivity contribution in [2.75, 3.05) is 0 Å². The zero-order valence-corrected chi connectivity index (χ0v) is 16.4. The predicted molar refractivity (Wildman–Crippen MR) is 108 cm³/mol. The van der Waals surface area contributed by atoms with Crippen LogP contribution < -0.4 is 5.73 Å². The molecule has 2 heterocycles. The van der Waals surface area contributed by atoms with Crippen LogP contribution in [0.25, 0.3) is 11.4 Å². The van der Waals surface area contributed by atoms with Gasteiger partial charge in [-0.3, -0.25) is 9.59 Å². The number of allylic oxidation sites excluding steroid dienone is 2. The number of hydrogen-bond acceptors (Lipinski definition) is 6. The first-order chi connectivity index (χ1) is 14.6. The van der Waals surface area contributed by atoms with Gasteiger partial charge in [-0.25, -0.2) is 0 Å². The summed E-state index contributed by atoms with van der Waals surface area (Å²) in [5.74, 6) is 0.454. The minimum atomic E-state index is -0.502. The molecule has 1 aliphatic carbocycles. The third-order valence-corrected chi connectivity index (χ3v) is 4.97. The minimum absolute atomic E-state index is 0.0373. The zero-order chi connectivity index (χ0) is 20.9. The Hall–Kier alpha value is -3.75. The van der Waals surface area contributed by atoms with E-state index in [0.29, 0.717) is 23.5 Å². The molecule has 2 aromatic heterocycles. The molecule has 0 aliphatic heterocycles. The number of furan rings is 1. The highest BCUT2D eigenvalue weighted by Gasteiger charge is 2.22. The van der Waals surface area contributed by atoms with E-state index in [1.165, 1.54) is 4.80 Å². The van der Waals surface area contributed by atoms with E-state index in [9.17, 15) is 9.59 Å². The normalized spacial score (nSPS) is 13.7. The molecule has 0 radical (unpaired) electrons. The van der Waals surface area contributed by atoms with Crippen LogP contribution in [0.15, 0.2) is 58.9 Å². The van der Waals surface area contributed by atoms with Gasteiger partial charge in [-0.15, -0.1) is 10.2 Å². The molecular formula is C21H22N6O3. The summed E-state index contributed by atoms with van der Waals surface area (Å²) in [4.78, 5) is 27.3. The van der Waals surface area contributed by atoms with E-state index in [-0.39, 0.29) is 12.5 Å². The van der Waals surface area contributed by atoms with E-state index >= 15 is 0 Å². The lowest BCUT2D eigenvalue weighted by atomic mass is 10.0. The summed E-state index contributed by atoms with van der Waals surface area (Å²) in [5.41, 5.74) is 7.34. The summed E-state index contributed by atoms with van der Waals surface area (Å²) >= 11 is 0. The highest BCUT2D eigenvalue weighted by Crippen LogP contribution is 2.23. The van der Waals surface area contributed by atoms with Gasteiger partial charge in [-0.1, -0.05) is 18.2 Å². The maximum Gasteiger partial charge on any atom is 0.250 e. The molecule has 4 rings (SSSR count). The van der Waals surface area contributed by atoms with Gasteiger partial charge in [-0.05, 0) is 55.2 Å². The molecule has 0 unspecified atom stereocenters. The third-order valence-electron chi connectivity index (χ3n) is 4.97. The molecule has 9 heteroatoms. The van der Waals surface area contributed by atoms with Crippen LogP contribution in [0.3, 0.4) is 0 Å². The smallest absolute Gasteiger partial charge is 0.250 e. The largest absolute Gasteiger partial charge is 0.467 e. The third kappa shape index (κ3) is 4.45. The molecule has 30 heavy (non-hydrogen) atoms. The summed E-state index contributed by atoms with van der Waals surface area (Å²) in [6, 6.07) is 10.3. The molecule has 1 aliphatic rings. The van der Waals surface area contributed by atoms with E-state index in [2.05, 4.69) is 21.5 Å². The Morgan fingerprint density at radius 2 is 2.00 bits per heavy atom. The molecule has 0 saturated heterocycles. The molecule has 0 saturated carbocycles. The summed E-state index contributed by atoms with van der Waals surface area (Å²) in [6.45, 7) is 0.332. The Kier molecular flexibility index (Phi) is 5.69. The highest BCUT2D eigenvalue weighted by molar-refractivity contribution is 5.93. The zero-order valence-electron chi connectivity index (χ0n) is 16.4. The minimum Gasteiger partial charge on any atom is -0.467 e. The van der Waals surface area contributed by atoms with Crippen molar-refractivity contribution in [3.8, 4) is 11.4 Å². The second-order valence-electron chi connectivity index (χ2n) is 7.09. The number of benzene rings is 1. The van der Waals surface area contributed by atoms with Gasteiger partial charge < -0.3 is 15.1 Å². The SMILES string of the molecule is NC(=O)c1ccc(-c2nnn(CC(=O)N(Cc3ccco3)C3=CCCCC3)n2)cc1. The summed E-state index contributed by atoms with van der Waals surface area (Å²) in [6.07, 6.45) is 7.72. The summed E-state index contributed by atoms with van der Waals surface area (Å²) in [5, 5.41) is 12.3. The number of primary amides is 1. The topological polar surface area (TPSA) is 120 Å². The fraction of sp³-hybridized carbons (Fsp3) is 0.286. The molecule has 2 amide bonds. The lowest BCUT2D eigenvalue weighted by molar-refractivity contribution is -0.131. The lowest BCUT2D eigenvalue weighted by Crippen LogP contribution is -2.34. The average molecular weight is 406 g/mol. The molecular weight excluding hydrogens is 384 g/mol. The van der Waals surface area contributed by atoms with Crippen LogP contribution in [0.1, 0.15) is 41.8 Å². The van der Waals surface area contributed by atoms with Crippen LogP contribution in [0.4, 0.5) is 0 Å². The fourth-order valence-corrected chi connectivity index (χ4v) is 3.39. The number of amides is 2. The highest BCUT2D eigenvalue weighted by atomic mass is 16.3. The van der Waals surface area contributed by atoms with Crippen molar-refractivity contribution in [2.24, 2.45) is 5.73 Å². The molecule has 1 aromatic carbocycles. The molecule has 9 nitrogen and oxygen atoms in total. The van der Waals surface area contributed by atoms with Crippen LogP contribution in [-0.2, 0) is 17.9 Å². The van der Waals surface area contributed by atoms with Crippen LogP contribution in [0.2, 0.25) is 0 Å². The quantitative estimate of drug-likeness (QED) is 0.644. The van der Waals surface area contributed by atoms with E-state index in [4.69, 9.17) is 10.2 Å². The second kappa shape index (κ2) is 8.73. The van der Waals surface area contributed by atoms with Gasteiger partial charge in [0.25, 0.3) is 5.91 Å². The van der Waals surface area contributed by atoms with Crippen molar-refractivity contribution in [1.82, 2.24) is 25.1 Å². The Morgan fingerprint density at radius 1 is 1.17 bits per heavy atom. The van der Waals surface area contributed by atoms with Crippen molar-refractivity contribution < 1.29 is 14.0 Å². The van der Waals surface area contributed by atoms with Gasteiger partial charge >= 0.3 is 0 Å². The molecule has 0 spiro atoms. The molecule has 154 valence electrons. The number of hydrogen-bond donors (Lipinski definition) is 1. The number of tetrazole rings is 1. The first-order valence-corrected chi connectivity index (χ1v) is 9.80. The standard InChI is InChI=1S/C21H22N6O3/c22-20(29)15-8-10-16(11-9-15)21-23-25-27(24-21)14-19(28)26(13-18-7-4-12-30-18)17-5-2-1-3-6-17/h4-5,7-12H,1-3,6,13-14H2,(H2,22,29). The summed E-state index contributed by atoms with van der Waals surface area (Å²) in [7, 11) is 0. The molecule has 0 bridgehead atoms. The first kappa shape index (κ1) is 19.6. The monoisotopic (exact) mass is 406 g/mol.